The van der Waals surface area contributed by atoms with Crippen molar-refractivity contribution in [3.05, 3.63) is 21.9 Å². The lowest BCUT2D eigenvalue weighted by Gasteiger charge is -2.23. The standard InChI is InChI=1S/C12H18N2O3S2/c1-9-4-5-10(18-9)12-13-8-11(15)14(12)6-3-7-19(2,16)17/h4-5,12-13H,3,6-8H2,1-2H3. The van der Waals surface area contributed by atoms with Crippen LogP contribution < -0.4 is 5.32 Å². The molecule has 1 aliphatic rings. The van der Waals surface area contributed by atoms with E-state index >= 15 is 0 Å². The maximum absolute atomic E-state index is 11.8. The van der Waals surface area contributed by atoms with E-state index in [0.29, 0.717) is 19.5 Å². The molecule has 106 valence electrons. The summed E-state index contributed by atoms with van der Waals surface area (Å²) in [5.41, 5.74) is 0. The molecular formula is C12H18N2O3S2. The van der Waals surface area contributed by atoms with Crippen LogP contribution in [0.15, 0.2) is 12.1 Å². The van der Waals surface area contributed by atoms with Crippen molar-refractivity contribution >= 4 is 27.1 Å². The molecule has 0 aliphatic carbocycles. The van der Waals surface area contributed by atoms with Gasteiger partial charge in [0.25, 0.3) is 0 Å². The summed E-state index contributed by atoms with van der Waals surface area (Å²) in [6.45, 7) is 2.82. The fourth-order valence-electron chi connectivity index (χ4n) is 2.15. The first kappa shape index (κ1) is 14.5. The zero-order chi connectivity index (χ0) is 14.0. The Balaban J connectivity index is 2.02. The molecule has 1 aliphatic heterocycles. The average molecular weight is 302 g/mol. The number of carbonyl (C=O) groups is 1. The third-order valence-electron chi connectivity index (χ3n) is 3.02. The van der Waals surface area contributed by atoms with E-state index in [1.54, 1.807) is 16.2 Å². The summed E-state index contributed by atoms with van der Waals surface area (Å²) in [5, 5.41) is 3.17. The molecule has 0 bridgehead atoms. The van der Waals surface area contributed by atoms with E-state index < -0.39 is 9.84 Å². The highest BCUT2D eigenvalue weighted by Crippen LogP contribution is 2.28. The lowest BCUT2D eigenvalue weighted by Crippen LogP contribution is -2.31. The van der Waals surface area contributed by atoms with Crippen molar-refractivity contribution in [1.82, 2.24) is 10.2 Å². The van der Waals surface area contributed by atoms with Gasteiger partial charge in [0, 0.05) is 22.6 Å². The van der Waals surface area contributed by atoms with Gasteiger partial charge in [0.1, 0.15) is 16.0 Å². The largest absolute Gasteiger partial charge is 0.321 e. The van der Waals surface area contributed by atoms with Crippen molar-refractivity contribution in [2.45, 2.75) is 19.5 Å². The lowest BCUT2D eigenvalue weighted by atomic mass is 10.3. The minimum atomic E-state index is -2.97. The maximum atomic E-state index is 11.8. The van der Waals surface area contributed by atoms with Gasteiger partial charge in [-0.2, -0.15) is 0 Å². The summed E-state index contributed by atoms with van der Waals surface area (Å²) in [5.74, 6) is 0.150. The predicted octanol–water partition coefficient (Wildman–Crippen LogP) is 0.922. The second-order valence-electron chi connectivity index (χ2n) is 4.80. The number of hydrogen-bond acceptors (Lipinski definition) is 5. The van der Waals surface area contributed by atoms with Crippen molar-refractivity contribution in [1.29, 1.82) is 0 Å². The van der Waals surface area contributed by atoms with Crippen LogP contribution in [0.5, 0.6) is 0 Å². The molecule has 2 heterocycles. The molecule has 0 spiro atoms. The Kier molecular flexibility index (Phi) is 4.27. The van der Waals surface area contributed by atoms with E-state index in [4.69, 9.17) is 0 Å². The molecule has 1 unspecified atom stereocenters. The normalized spacial score (nSPS) is 20.2. The molecule has 2 rings (SSSR count). The van der Waals surface area contributed by atoms with E-state index in [-0.39, 0.29) is 17.8 Å². The summed E-state index contributed by atoms with van der Waals surface area (Å²) in [7, 11) is -2.97. The Labute approximate surface area is 117 Å². The quantitative estimate of drug-likeness (QED) is 0.878. The highest BCUT2D eigenvalue weighted by atomic mass is 32.2. The molecule has 0 aromatic carbocycles. The van der Waals surface area contributed by atoms with Gasteiger partial charge >= 0.3 is 0 Å². The number of carbonyl (C=O) groups excluding carboxylic acids is 1. The Hall–Kier alpha value is -0.920. The van der Waals surface area contributed by atoms with Gasteiger partial charge in [-0.3, -0.25) is 10.1 Å². The topological polar surface area (TPSA) is 66.5 Å². The van der Waals surface area contributed by atoms with E-state index in [0.717, 1.165) is 4.88 Å². The molecule has 1 atom stereocenters. The highest BCUT2D eigenvalue weighted by molar-refractivity contribution is 7.90. The number of aryl methyl sites for hydroxylation is 1. The minimum absolute atomic E-state index is 0.0320. The van der Waals surface area contributed by atoms with Gasteiger partial charge in [-0.05, 0) is 25.5 Å². The fraction of sp³-hybridized carbons (Fsp3) is 0.583. The molecule has 0 saturated carbocycles. The Morgan fingerprint density at radius 3 is 2.79 bits per heavy atom. The third-order valence-corrected chi connectivity index (χ3v) is 5.11. The summed E-state index contributed by atoms with van der Waals surface area (Å²) in [6.07, 6.45) is 1.59. The summed E-state index contributed by atoms with van der Waals surface area (Å²) in [6, 6.07) is 4.04. The first-order valence-corrected chi connectivity index (χ1v) is 9.01. The van der Waals surface area contributed by atoms with Gasteiger partial charge < -0.3 is 4.90 Å². The summed E-state index contributed by atoms with van der Waals surface area (Å²) >= 11 is 1.66. The lowest BCUT2D eigenvalue weighted by molar-refractivity contribution is -0.128. The zero-order valence-corrected chi connectivity index (χ0v) is 12.7. The molecule has 1 saturated heterocycles. The number of nitrogens with one attached hydrogen (secondary N) is 1. The van der Waals surface area contributed by atoms with Crippen LogP contribution >= 0.6 is 11.3 Å². The van der Waals surface area contributed by atoms with E-state index in [9.17, 15) is 13.2 Å². The number of thiophene rings is 1. The van der Waals surface area contributed by atoms with Gasteiger partial charge in [0.15, 0.2) is 0 Å². The molecule has 1 amide bonds. The van der Waals surface area contributed by atoms with Crippen LogP contribution in [0.2, 0.25) is 0 Å². The zero-order valence-electron chi connectivity index (χ0n) is 11.0. The van der Waals surface area contributed by atoms with Crippen molar-refractivity contribution in [2.75, 3.05) is 25.1 Å². The molecule has 1 aromatic rings. The highest BCUT2D eigenvalue weighted by Gasteiger charge is 2.31. The monoisotopic (exact) mass is 302 g/mol. The van der Waals surface area contributed by atoms with Crippen LogP contribution in [-0.4, -0.2) is 44.3 Å². The number of nitrogens with zero attached hydrogens (tertiary/aromatic N) is 1. The van der Waals surface area contributed by atoms with Gasteiger partial charge in [-0.25, -0.2) is 8.42 Å². The number of hydrogen-bond donors (Lipinski definition) is 1. The van der Waals surface area contributed by atoms with Gasteiger partial charge in [-0.1, -0.05) is 0 Å². The first-order valence-electron chi connectivity index (χ1n) is 6.14. The molecule has 1 fully saturated rings. The second kappa shape index (κ2) is 5.60. The Morgan fingerprint density at radius 1 is 1.47 bits per heavy atom. The SMILES string of the molecule is Cc1ccc(C2NCC(=O)N2CCCS(C)(=O)=O)s1. The van der Waals surface area contributed by atoms with Crippen LogP contribution in [0.4, 0.5) is 0 Å². The van der Waals surface area contributed by atoms with Gasteiger partial charge in [0.2, 0.25) is 5.91 Å². The van der Waals surface area contributed by atoms with Crippen molar-refractivity contribution < 1.29 is 13.2 Å². The summed E-state index contributed by atoms with van der Waals surface area (Å²) < 4.78 is 22.2. The van der Waals surface area contributed by atoms with Crippen LogP contribution in [0, 0.1) is 6.92 Å². The van der Waals surface area contributed by atoms with Crippen LogP contribution in [0.25, 0.3) is 0 Å². The molecule has 7 heteroatoms. The van der Waals surface area contributed by atoms with E-state index in [1.807, 2.05) is 19.1 Å². The number of sulfone groups is 1. The number of amides is 1. The smallest absolute Gasteiger partial charge is 0.238 e. The van der Waals surface area contributed by atoms with Gasteiger partial charge in [-0.15, -0.1) is 11.3 Å². The molecule has 0 radical (unpaired) electrons. The first-order chi connectivity index (χ1) is 8.87. The van der Waals surface area contributed by atoms with Crippen LogP contribution in [0.3, 0.4) is 0 Å². The van der Waals surface area contributed by atoms with Gasteiger partial charge in [0.05, 0.1) is 12.3 Å². The summed E-state index contributed by atoms with van der Waals surface area (Å²) in [4.78, 5) is 15.9. The second-order valence-corrected chi connectivity index (χ2v) is 8.38. The van der Waals surface area contributed by atoms with Crippen molar-refractivity contribution in [2.24, 2.45) is 0 Å². The Bertz CT molecular complexity index is 565. The van der Waals surface area contributed by atoms with Crippen LogP contribution in [0.1, 0.15) is 22.3 Å². The number of rotatable bonds is 5. The van der Waals surface area contributed by atoms with Crippen molar-refractivity contribution in [3.63, 3.8) is 0 Å². The molecule has 1 aromatic heterocycles. The van der Waals surface area contributed by atoms with E-state index in [1.165, 1.54) is 11.1 Å². The van der Waals surface area contributed by atoms with E-state index in [2.05, 4.69) is 5.32 Å². The Morgan fingerprint density at radius 2 is 2.21 bits per heavy atom. The maximum Gasteiger partial charge on any atom is 0.238 e. The minimum Gasteiger partial charge on any atom is -0.321 e. The molecule has 1 N–H and O–H groups in total. The molecular weight excluding hydrogens is 284 g/mol. The third kappa shape index (κ3) is 3.77. The van der Waals surface area contributed by atoms with Crippen molar-refractivity contribution in [3.8, 4) is 0 Å². The molecule has 5 nitrogen and oxygen atoms in total. The average Bonchev–Trinajstić information content (AvgIpc) is 2.85. The fourth-order valence-corrected chi connectivity index (χ4v) is 3.76. The molecule has 19 heavy (non-hydrogen) atoms. The van der Waals surface area contributed by atoms with Crippen LogP contribution in [-0.2, 0) is 14.6 Å². The predicted molar refractivity (Wildman–Crippen MR) is 75.8 cm³/mol.